The Morgan fingerprint density at radius 1 is 0.831 bits per heavy atom. The van der Waals surface area contributed by atoms with Crippen LogP contribution in [0.3, 0.4) is 0 Å². The van der Waals surface area contributed by atoms with E-state index in [0.29, 0.717) is 35.3 Å². The number of nitrogens with one attached hydrogen (secondary N) is 1. The Labute approximate surface area is 339 Å². The lowest BCUT2D eigenvalue weighted by Crippen LogP contribution is -2.39. The van der Waals surface area contributed by atoms with Crippen molar-refractivity contribution in [1.82, 2.24) is 9.80 Å². The van der Waals surface area contributed by atoms with Crippen LogP contribution in [0.1, 0.15) is 64.6 Å². The fourth-order valence-electron chi connectivity index (χ4n) is 7.73. The number of hydrogen-bond donors (Lipinski definition) is 2. The summed E-state index contributed by atoms with van der Waals surface area (Å²) in [6.45, 7) is 1.19. The van der Waals surface area contributed by atoms with Gasteiger partial charge in [-0.15, -0.1) is 0 Å². The molecule has 302 valence electrons. The topological polar surface area (TPSA) is 129 Å². The average Bonchev–Trinajstić information content (AvgIpc) is 3.88. The molecule has 0 radical (unpaired) electrons. The summed E-state index contributed by atoms with van der Waals surface area (Å²) in [5, 5.41) is 14.0. The number of para-hydroxylation sites is 1. The molecule has 3 amide bonds. The number of carboxylic acid groups (broad SMARTS) is 1. The van der Waals surface area contributed by atoms with Crippen LogP contribution in [0.5, 0.6) is 0 Å². The number of carbonyl (C=O) groups excluding carboxylic acids is 3. The van der Waals surface area contributed by atoms with Crippen molar-refractivity contribution in [1.29, 1.82) is 0 Å². The van der Waals surface area contributed by atoms with Crippen molar-refractivity contribution in [2.75, 3.05) is 18.5 Å². The van der Waals surface area contributed by atoms with Crippen molar-refractivity contribution < 1.29 is 42.2 Å². The maximum Gasteiger partial charge on any atom is 0.417 e. The molecule has 0 aliphatic carbocycles. The first-order chi connectivity index (χ1) is 28.5. The minimum Gasteiger partial charge on any atom is -0.480 e. The summed E-state index contributed by atoms with van der Waals surface area (Å²) in [4.78, 5) is 62.5. The number of likely N-dealkylation sites (tertiary alicyclic amines) is 1. The molecule has 0 spiro atoms. The van der Waals surface area contributed by atoms with Gasteiger partial charge in [0.2, 0.25) is 11.8 Å². The lowest BCUT2D eigenvalue weighted by molar-refractivity contribution is -0.140. The average molecular weight is 803 g/mol. The number of aliphatic imine (C=N–C) groups is 1. The number of rotatable bonds is 13. The molecule has 0 bridgehead atoms. The van der Waals surface area contributed by atoms with Crippen LogP contribution in [-0.4, -0.2) is 69.7 Å². The highest BCUT2D eigenvalue weighted by molar-refractivity contribution is 6.18. The molecule has 2 aliphatic heterocycles. The van der Waals surface area contributed by atoms with Crippen LogP contribution in [0, 0.1) is 0 Å². The van der Waals surface area contributed by atoms with Crippen molar-refractivity contribution >= 4 is 35.3 Å². The molecule has 5 aromatic carbocycles. The SMILES string of the molecule is O=C(O)[C@H](N=C(c1ccccc1)c1ccccc1NC(=O)[C@@H]1CCCN1Cc1ccccc1)[C@@H](CC(=O)N1C(=O)OC[C@H]1c1ccccc1)c1ccc(C(F)(F)F)cc1. The zero-order valence-electron chi connectivity index (χ0n) is 31.8. The third kappa shape index (κ3) is 9.42. The first-order valence-corrected chi connectivity index (χ1v) is 19.2. The van der Waals surface area contributed by atoms with Crippen LogP contribution in [0.15, 0.2) is 145 Å². The predicted molar refractivity (Wildman–Crippen MR) is 215 cm³/mol. The van der Waals surface area contributed by atoms with Gasteiger partial charge in [0.15, 0.2) is 6.04 Å². The molecular formula is C46H41F3N4O6. The number of halogens is 3. The van der Waals surface area contributed by atoms with E-state index in [9.17, 15) is 37.5 Å². The molecule has 4 atom stereocenters. The smallest absolute Gasteiger partial charge is 0.417 e. The van der Waals surface area contributed by atoms with E-state index in [1.807, 2.05) is 30.3 Å². The summed E-state index contributed by atoms with van der Waals surface area (Å²) in [6.07, 6.45) is -4.76. The van der Waals surface area contributed by atoms with E-state index in [4.69, 9.17) is 9.73 Å². The Hall–Kier alpha value is -6.60. The zero-order chi connectivity index (χ0) is 41.5. The van der Waals surface area contributed by atoms with Crippen molar-refractivity contribution in [2.45, 2.75) is 56.0 Å². The molecule has 2 N–H and O–H groups in total. The normalized spacial score (nSPS) is 18.3. The van der Waals surface area contributed by atoms with E-state index in [0.717, 1.165) is 47.7 Å². The molecule has 2 aliphatic rings. The van der Waals surface area contributed by atoms with Gasteiger partial charge in [0.1, 0.15) is 12.6 Å². The number of imide groups is 1. The Bertz CT molecular complexity index is 2310. The first-order valence-electron chi connectivity index (χ1n) is 19.2. The molecule has 7 rings (SSSR count). The predicted octanol–water partition coefficient (Wildman–Crippen LogP) is 8.49. The van der Waals surface area contributed by atoms with Crippen LogP contribution in [0.4, 0.5) is 23.7 Å². The lowest BCUT2D eigenvalue weighted by atomic mass is 9.86. The van der Waals surface area contributed by atoms with Crippen molar-refractivity contribution in [2.24, 2.45) is 4.99 Å². The van der Waals surface area contributed by atoms with Gasteiger partial charge in [-0.2, -0.15) is 13.2 Å². The minimum atomic E-state index is -4.68. The van der Waals surface area contributed by atoms with E-state index in [2.05, 4.69) is 10.2 Å². The number of alkyl halides is 3. The van der Waals surface area contributed by atoms with Crippen LogP contribution < -0.4 is 5.32 Å². The molecule has 2 fully saturated rings. The van der Waals surface area contributed by atoms with Crippen molar-refractivity contribution in [3.8, 4) is 0 Å². The highest BCUT2D eigenvalue weighted by Gasteiger charge is 2.42. The summed E-state index contributed by atoms with van der Waals surface area (Å²) >= 11 is 0. The van der Waals surface area contributed by atoms with Crippen molar-refractivity contribution in [3.63, 3.8) is 0 Å². The third-order valence-corrected chi connectivity index (χ3v) is 10.7. The number of carbonyl (C=O) groups is 4. The largest absolute Gasteiger partial charge is 0.480 e. The number of aliphatic carboxylic acids is 1. The number of amides is 3. The van der Waals surface area contributed by atoms with Gasteiger partial charge in [-0.3, -0.25) is 19.5 Å². The molecule has 10 nitrogen and oxygen atoms in total. The summed E-state index contributed by atoms with van der Waals surface area (Å²) in [5.74, 6) is -3.87. The number of hydrogen-bond acceptors (Lipinski definition) is 7. The molecule has 5 aromatic rings. The molecule has 0 saturated carbocycles. The second kappa shape index (κ2) is 17.9. The van der Waals surface area contributed by atoms with Gasteiger partial charge in [-0.05, 0) is 54.3 Å². The van der Waals surface area contributed by atoms with Crippen LogP contribution in [-0.2, 0) is 31.8 Å². The van der Waals surface area contributed by atoms with E-state index < -0.39 is 60.2 Å². The molecule has 2 heterocycles. The van der Waals surface area contributed by atoms with E-state index >= 15 is 0 Å². The van der Waals surface area contributed by atoms with Crippen LogP contribution in [0.25, 0.3) is 0 Å². The number of anilines is 1. The highest BCUT2D eigenvalue weighted by Crippen LogP contribution is 2.36. The minimum absolute atomic E-state index is 0.0834. The Morgan fingerprint density at radius 3 is 2.12 bits per heavy atom. The second-order valence-corrected chi connectivity index (χ2v) is 14.5. The molecule has 0 aromatic heterocycles. The molecule has 13 heteroatoms. The Balaban J connectivity index is 1.28. The first kappa shape index (κ1) is 40.6. The molecular weight excluding hydrogens is 762 g/mol. The van der Waals surface area contributed by atoms with Gasteiger partial charge in [-0.25, -0.2) is 14.5 Å². The number of ether oxygens (including phenoxy) is 1. The van der Waals surface area contributed by atoms with Gasteiger partial charge >= 0.3 is 18.2 Å². The van der Waals surface area contributed by atoms with Gasteiger partial charge in [0.25, 0.3) is 0 Å². The molecule has 0 unspecified atom stereocenters. The Kier molecular flexibility index (Phi) is 12.3. The molecule has 2 saturated heterocycles. The number of benzene rings is 5. The van der Waals surface area contributed by atoms with E-state index in [1.165, 1.54) is 0 Å². The fraction of sp³-hybridized carbons (Fsp3) is 0.239. The summed E-state index contributed by atoms with van der Waals surface area (Å²) in [5.41, 5.74) is 2.19. The standard InChI is InChI=1S/C46H41F3N4O6/c47-46(48,49)34-24-22-31(23-25-34)36(27-40(54)53-39(29-59-45(53)58)32-15-6-2-7-16-32)42(44(56)57)51-41(33-17-8-3-9-18-33)35-19-10-11-20-37(35)50-43(55)38-21-12-26-52(38)28-30-13-4-1-5-14-30/h1-11,13-20,22-25,36,38-39,42H,12,21,26-29H2,(H,50,55)(H,56,57)/t36-,38-,39-,42+/m0/s1. The highest BCUT2D eigenvalue weighted by atomic mass is 19.4. The summed E-state index contributed by atoms with van der Waals surface area (Å²) in [7, 11) is 0. The monoisotopic (exact) mass is 802 g/mol. The van der Waals surface area contributed by atoms with Gasteiger partial charge in [-0.1, -0.05) is 121 Å². The van der Waals surface area contributed by atoms with E-state index in [-0.39, 0.29) is 23.8 Å². The summed E-state index contributed by atoms with van der Waals surface area (Å²) < 4.78 is 46.4. The van der Waals surface area contributed by atoms with Crippen LogP contribution in [0.2, 0.25) is 0 Å². The van der Waals surface area contributed by atoms with Crippen molar-refractivity contribution in [3.05, 3.63) is 173 Å². The number of carboxylic acids is 1. The molecule has 59 heavy (non-hydrogen) atoms. The Morgan fingerprint density at radius 2 is 1.46 bits per heavy atom. The quantitative estimate of drug-likeness (QED) is 0.114. The summed E-state index contributed by atoms with van der Waals surface area (Å²) in [6, 6.07) is 34.9. The second-order valence-electron chi connectivity index (χ2n) is 14.5. The lowest BCUT2D eigenvalue weighted by Gasteiger charge is -2.27. The zero-order valence-corrected chi connectivity index (χ0v) is 31.8. The van der Waals surface area contributed by atoms with Gasteiger partial charge in [0, 0.05) is 30.0 Å². The number of nitrogens with zero attached hydrogens (tertiary/aromatic N) is 3. The maximum atomic E-state index is 14.2. The number of cyclic esters (lactones) is 1. The maximum absolute atomic E-state index is 14.2. The van der Waals surface area contributed by atoms with Crippen LogP contribution >= 0.6 is 0 Å². The third-order valence-electron chi connectivity index (χ3n) is 10.7. The van der Waals surface area contributed by atoms with Gasteiger partial charge in [0.05, 0.1) is 23.0 Å². The van der Waals surface area contributed by atoms with E-state index in [1.54, 1.807) is 84.9 Å². The van der Waals surface area contributed by atoms with Gasteiger partial charge < -0.3 is 15.2 Å². The fourth-order valence-corrected chi connectivity index (χ4v) is 7.73.